The maximum absolute atomic E-state index is 6.39. The van der Waals surface area contributed by atoms with Crippen LogP contribution in [0.15, 0.2) is 112 Å². The van der Waals surface area contributed by atoms with Gasteiger partial charge in [-0.15, -0.1) is 0 Å². The molecular formula is C28H17BrO. The number of benzene rings is 5. The Kier molecular flexibility index (Phi) is 4.00. The molecule has 2 heteroatoms. The molecule has 0 saturated carbocycles. The van der Waals surface area contributed by atoms with E-state index in [0.717, 1.165) is 26.4 Å². The first-order valence-electron chi connectivity index (χ1n) is 9.97. The highest BCUT2D eigenvalue weighted by Crippen LogP contribution is 2.42. The van der Waals surface area contributed by atoms with E-state index in [1.165, 1.54) is 33.0 Å². The van der Waals surface area contributed by atoms with Crippen LogP contribution in [0, 0.1) is 0 Å². The van der Waals surface area contributed by atoms with Crippen molar-refractivity contribution in [3.8, 4) is 22.3 Å². The molecule has 30 heavy (non-hydrogen) atoms. The van der Waals surface area contributed by atoms with Crippen LogP contribution in [0.25, 0.3) is 55.0 Å². The zero-order valence-corrected chi connectivity index (χ0v) is 17.7. The lowest BCUT2D eigenvalue weighted by Crippen LogP contribution is -1.84. The second kappa shape index (κ2) is 6.86. The lowest BCUT2D eigenvalue weighted by atomic mass is 9.93. The van der Waals surface area contributed by atoms with E-state index in [1.807, 2.05) is 18.2 Å². The summed E-state index contributed by atoms with van der Waals surface area (Å²) in [4.78, 5) is 0. The van der Waals surface area contributed by atoms with Crippen LogP contribution in [-0.2, 0) is 0 Å². The van der Waals surface area contributed by atoms with Gasteiger partial charge in [-0.05, 0) is 64.0 Å². The van der Waals surface area contributed by atoms with Crippen molar-refractivity contribution in [2.45, 2.75) is 0 Å². The van der Waals surface area contributed by atoms with Gasteiger partial charge in [0.1, 0.15) is 11.2 Å². The monoisotopic (exact) mass is 448 g/mol. The van der Waals surface area contributed by atoms with Crippen LogP contribution in [0.2, 0.25) is 0 Å². The summed E-state index contributed by atoms with van der Waals surface area (Å²) in [5.74, 6) is 0. The second-order valence-corrected chi connectivity index (χ2v) is 8.45. The Morgan fingerprint density at radius 3 is 2.13 bits per heavy atom. The van der Waals surface area contributed by atoms with Gasteiger partial charge in [-0.3, -0.25) is 0 Å². The maximum atomic E-state index is 6.39. The van der Waals surface area contributed by atoms with E-state index in [0.29, 0.717) is 0 Å². The van der Waals surface area contributed by atoms with Crippen LogP contribution in [0.1, 0.15) is 0 Å². The Bertz CT molecular complexity index is 1530. The largest absolute Gasteiger partial charge is 0.455 e. The molecular weight excluding hydrogens is 432 g/mol. The minimum Gasteiger partial charge on any atom is -0.455 e. The molecule has 0 aliphatic rings. The maximum Gasteiger partial charge on any atom is 0.143 e. The van der Waals surface area contributed by atoms with E-state index >= 15 is 0 Å². The molecule has 6 aromatic rings. The third kappa shape index (κ3) is 2.76. The third-order valence-electron chi connectivity index (χ3n) is 5.72. The molecule has 0 radical (unpaired) electrons. The SMILES string of the molecule is Brc1ccc(-c2cc3cc(-c4ccccc4)ccc3c3oc4ccccc4c23)cc1. The van der Waals surface area contributed by atoms with Gasteiger partial charge in [0.05, 0.1) is 0 Å². The minimum absolute atomic E-state index is 0.922. The number of para-hydroxylation sites is 1. The molecule has 0 spiro atoms. The van der Waals surface area contributed by atoms with Crippen molar-refractivity contribution in [2.24, 2.45) is 0 Å². The van der Waals surface area contributed by atoms with E-state index in [4.69, 9.17) is 4.42 Å². The zero-order chi connectivity index (χ0) is 20.1. The minimum atomic E-state index is 0.922. The van der Waals surface area contributed by atoms with E-state index in [2.05, 4.69) is 101 Å². The summed E-state index contributed by atoms with van der Waals surface area (Å²) in [5, 5.41) is 4.65. The number of furan rings is 1. The lowest BCUT2D eigenvalue weighted by Gasteiger charge is -2.10. The molecule has 0 saturated heterocycles. The summed E-state index contributed by atoms with van der Waals surface area (Å²) < 4.78 is 7.46. The van der Waals surface area contributed by atoms with Crippen LogP contribution in [0.4, 0.5) is 0 Å². The van der Waals surface area contributed by atoms with E-state index in [-0.39, 0.29) is 0 Å². The molecule has 0 amide bonds. The summed E-state index contributed by atoms with van der Waals surface area (Å²) in [5.41, 5.74) is 6.67. The first-order chi connectivity index (χ1) is 14.8. The van der Waals surface area contributed by atoms with Crippen molar-refractivity contribution >= 4 is 48.6 Å². The molecule has 1 nitrogen and oxygen atoms in total. The Morgan fingerprint density at radius 2 is 1.30 bits per heavy atom. The molecule has 0 fully saturated rings. The van der Waals surface area contributed by atoms with Gasteiger partial charge in [-0.2, -0.15) is 0 Å². The van der Waals surface area contributed by atoms with Crippen molar-refractivity contribution < 1.29 is 4.42 Å². The smallest absolute Gasteiger partial charge is 0.143 e. The van der Waals surface area contributed by atoms with Crippen molar-refractivity contribution in [1.82, 2.24) is 0 Å². The van der Waals surface area contributed by atoms with Crippen molar-refractivity contribution in [1.29, 1.82) is 0 Å². The molecule has 0 N–H and O–H groups in total. The molecule has 6 rings (SSSR count). The first-order valence-corrected chi connectivity index (χ1v) is 10.8. The van der Waals surface area contributed by atoms with Gasteiger partial charge in [-0.25, -0.2) is 0 Å². The fourth-order valence-electron chi connectivity index (χ4n) is 4.29. The summed E-state index contributed by atoms with van der Waals surface area (Å²) in [6.07, 6.45) is 0. The molecule has 0 bridgehead atoms. The fourth-order valence-corrected chi connectivity index (χ4v) is 4.55. The zero-order valence-electron chi connectivity index (χ0n) is 16.1. The van der Waals surface area contributed by atoms with Crippen molar-refractivity contribution in [3.63, 3.8) is 0 Å². The molecule has 142 valence electrons. The number of hydrogen-bond donors (Lipinski definition) is 0. The standard InChI is InChI=1S/C28H17BrO/c29-22-13-10-19(11-14-22)25-17-21-16-20(18-6-2-1-3-7-18)12-15-23(21)28-27(25)24-8-4-5-9-26(24)30-28/h1-17H. The van der Waals surface area contributed by atoms with Crippen molar-refractivity contribution in [2.75, 3.05) is 0 Å². The van der Waals surface area contributed by atoms with Crippen LogP contribution < -0.4 is 0 Å². The molecule has 0 atom stereocenters. The molecule has 0 unspecified atom stereocenters. The van der Waals surface area contributed by atoms with Crippen LogP contribution in [0.3, 0.4) is 0 Å². The number of hydrogen-bond acceptors (Lipinski definition) is 1. The topological polar surface area (TPSA) is 13.1 Å². The van der Waals surface area contributed by atoms with E-state index in [9.17, 15) is 0 Å². The highest BCUT2D eigenvalue weighted by atomic mass is 79.9. The van der Waals surface area contributed by atoms with Gasteiger partial charge >= 0.3 is 0 Å². The Balaban J connectivity index is 1.73. The fraction of sp³-hybridized carbons (Fsp3) is 0. The number of fused-ring (bicyclic) bond motifs is 5. The second-order valence-electron chi connectivity index (χ2n) is 7.54. The molecule has 5 aromatic carbocycles. The highest BCUT2D eigenvalue weighted by Gasteiger charge is 2.16. The van der Waals surface area contributed by atoms with Gasteiger partial charge < -0.3 is 4.42 Å². The third-order valence-corrected chi connectivity index (χ3v) is 6.25. The lowest BCUT2D eigenvalue weighted by molar-refractivity contribution is 0.673. The van der Waals surface area contributed by atoms with Gasteiger partial charge in [0.2, 0.25) is 0 Å². The number of rotatable bonds is 2. The highest BCUT2D eigenvalue weighted by molar-refractivity contribution is 9.10. The summed E-state index contributed by atoms with van der Waals surface area (Å²) in [6.45, 7) is 0. The molecule has 0 aliphatic heterocycles. The predicted octanol–water partition coefficient (Wildman–Crippen LogP) is 8.84. The number of halogens is 1. The Morgan fingerprint density at radius 1 is 0.567 bits per heavy atom. The quantitative estimate of drug-likeness (QED) is 0.257. The van der Waals surface area contributed by atoms with E-state index in [1.54, 1.807) is 0 Å². The summed E-state index contributed by atoms with van der Waals surface area (Å²) in [7, 11) is 0. The van der Waals surface area contributed by atoms with Gasteiger partial charge in [0.25, 0.3) is 0 Å². The van der Waals surface area contributed by atoms with Crippen LogP contribution >= 0.6 is 15.9 Å². The summed E-state index contributed by atoms with van der Waals surface area (Å²) in [6, 6.07) is 36.2. The molecule has 1 aromatic heterocycles. The molecule has 0 aliphatic carbocycles. The average molecular weight is 449 g/mol. The van der Waals surface area contributed by atoms with Gasteiger partial charge in [0.15, 0.2) is 0 Å². The van der Waals surface area contributed by atoms with Crippen molar-refractivity contribution in [3.05, 3.63) is 108 Å². The Hall–Kier alpha value is -3.36. The van der Waals surface area contributed by atoms with Crippen LogP contribution in [0.5, 0.6) is 0 Å². The normalized spacial score (nSPS) is 11.5. The average Bonchev–Trinajstić information content (AvgIpc) is 3.19. The van der Waals surface area contributed by atoms with Gasteiger partial charge in [0, 0.05) is 20.6 Å². The van der Waals surface area contributed by atoms with E-state index < -0.39 is 0 Å². The Labute approximate surface area is 182 Å². The predicted molar refractivity (Wildman–Crippen MR) is 130 cm³/mol. The summed E-state index contributed by atoms with van der Waals surface area (Å²) >= 11 is 3.56. The van der Waals surface area contributed by atoms with Crippen LogP contribution in [-0.4, -0.2) is 0 Å². The first kappa shape index (κ1) is 17.5. The molecule has 1 heterocycles. The van der Waals surface area contributed by atoms with Gasteiger partial charge in [-0.1, -0.05) is 82.7 Å².